The highest BCUT2D eigenvalue weighted by molar-refractivity contribution is 5.92. The van der Waals surface area contributed by atoms with E-state index >= 15 is 0 Å². The number of nitrogens with zero attached hydrogens (tertiary/aromatic N) is 5. The van der Waals surface area contributed by atoms with Crippen molar-refractivity contribution in [2.45, 2.75) is 18.9 Å². The maximum atomic E-state index is 13.6. The summed E-state index contributed by atoms with van der Waals surface area (Å²) >= 11 is 0. The quantitative estimate of drug-likeness (QED) is 0.300. The molecule has 0 radical (unpaired) electrons. The van der Waals surface area contributed by atoms with Crippen LogP contribution in [0.4, 0.5) is 37.7 Å². The van der Waals surface area contributed by atoms with Gasteiger partial charge in [-0.3, -0.25) is 9.88 Å². The molecule has 1 aromatic carbocycles. The van der Waals surface area contributed by atoms with Crippen LogP contribution in [-0.2, 0) is 18.9 Å². The number of pyridine rings is 3. The van der Waals surface area contributed by atoms with Crippen molar-refractivity contribution in [1.29, 1.82) is 0 Å². The summed E-state index contributed by atoms with van der Waals surface area (Å²) in [7, 11) is 2.04. The van der Waals surface area contributed by atoms with E-state index in [-0.39, 0.29) is 17.0 Å². The number of halogens is 6. The third kappa shape index (κ3) is 6.12. The molecule has 0 unspecified atom stereocenters. The molecular formula is C27H24F6N6. The first kappa shape index (κ1) is 26.8. The van der Waals surface area contributed by atoms with Gasteiger partial charge in [0.15, 0.2) is 5.65 Å². The van der Waals surface area contributed by atoms with Crippen molar-refractivity contribution in [2.24, 2.45) is 0 Å². The lowest BCUT2D eigenvalue weighted by atomic mass is 10.1. The van der Waals surface area contributed by atoms with Crippen LogP contribution < -0.4 is 5.32 Å². The zero-order chi connectivity index (χ0) is 27.8. The van der Waals surface area contributed by atoms with E-state index in [4.69, 9.17) is 0 Å². The highest BCUT2D eigenvalue weighted by Crippen LogP contribution is 2.36. The van der Waals surface area contributed by atoms with Crippen LogP contribution in [0.3, 0.4) is 0 Å². The van der Waals surface area contributed by atoms with Gasteiger partial charge in [0.25, 0.3) is 0 Å². The van der Waals surface area contributed by atoms with E-state index < -0.39 is 23.5 Å². The van der Waals surface area contributed by atoms with Gasteiger partial charge >= 0.3 is 12.4 Å². The maximum absolute atomic E-state index is 13.6. The molecule has 0 amide bonds. The lowest BCUT2D eigenvalue weighted by Gasteiger charge is -2.32. The Hall–Kier alpha value is -3.77. The van der Waals surface area contributed by atoms with Gasteiger partial charge in [0.05, 0.1) is 28.2 Å². The molecule has 3 aromatic heterocycles. The van der Waals surface area contributed by atoms with Crippen LogP contribution in [0.25, 0.3) is 22.4 Å². The Morgan fingerprint density at radius 2 is 1.56 bits per heavy atom. The van der Waals surface area contributed by atoms with Gasteiger partial charge in [-0.2, -0.15) is 26.3 Å². The molecule has 1 saturated heterocycles. The molecule has 1 aliphatic rings. The second-order valence-corrected chi connectivity index (χ2v) is 9.41. The zero-order valence-corrected chi connectivity index (χ0v) is 20.8. The number of benzene rings is 1. The molecule has 0 spiro atoms. The Morgan fingerprint density at radius 3 is 2.23 bits per heavy atom. The number of likely N-dealkylation sites (N-methyl/N-ethyl adjacent to an activating group) is 1. The molecular weight excluding hydrogens is 522 g/mol. The number of hydrogen-bond acceptors (Lipinski definition) is 6. The lowest BCUT2D eigenvalue weighted by Crippen LogP contribution is -2.44. The van der Waals surface area contributed by atoms with Crippen LogP contribution in [0.15, 0.2) is 60.8 Å². The first-order chi connectivity index (χ1) is 18.5. The summed E-state index contributed by atoms with van der Waals surface area (Å²) in [6.07, 6.45) is -7.81. The Bertz CT molecular complexity index is 1460. The standard InChI is InChI=1S/C27H24F6N6/c1-38-11-13-39(14-12-38)16-19-15-23(35-18-6-4-17(5-7-18)26(28,29)30)20-8-9-22(37-25(20)36-19)24-21(27(31,32)33)3-2-10-34-24/h2-10,15H,11-14,16H2,1H3,(H,35,36,37). The molecule has 1 aliphatic heterocycles. The predicted molar refractivity (Wildman–Crippen MR) is 135 cm³/mol. The Labute approximate surface area is 220 Å². The smallest absolute Gasteiger partial charge is 0.355 e. The first-order valence-electron chi connectivity index (χ1n) is 12.2. The molecule has 1 fully saturated rings. The van der Waals surface area contributed by atoms with Crippen LogP contribution in [0.5, 0.6) is 0 Å². The van der Waals surface area contributed by atoms with Crippen LogP contribution in [0.2, 0.25) is 0 Å². The summed E-state index contributed by atoms with van der Waals surface area (Å²) < 4.78 is 80.0. The summed E-state index contributed by atoms with van der Waals surface area (Å²) in [5, 5.41) is 3.64. The number of rotatable bonds is 5. The van der Waals surface area contributed by atoms with Gasteiger partial charge in [0, 0.05) is 50.0 Å². The van der Waals surface area contributed by atoms with E-state index in [1.54, 1.807) is 12.1 Å². The van der Waals surface area contributed by atoms with Crippen molar-refractivity contribution < 1.29 is 26.3 Å². The van der Waals surface area contributed by atoms with Gasteiger partial charge in [-0.25, -0.2) is 9.97 Å². The molecule has 0 atom stereocenters. The molecule has 5 rings (SSSR count). The Balaban J connectivity index is 1.56. The minimum Gasteiger partial charge on any atom is -0.355 e. The first-order valence-corrected chi connectivity index (χ1v) is 12.2. The summed E-state index contributed by atoms with van der Waals surface area (Å²) in [5.74, 6) is 0. The molecule has 1 N–H and O–H groups in total. The van der Waals surface area contributed by atoms with Crippen molar-refractivity contribution in [3.8, 4) is 11.4 Å². The van der Waals surface area contributed by atoms with Crippen LogP contribution in [0.1, 0.15) is 16.8 Å². The average Bonchev–Trinajstić information content (AvgIpc) is 2.89. The van der Waals surface area contributed by atoms with E-state index in [0.29, 0.717) is 29.0 Å². The van der Waals surface area contributed by atoms with E-state index in [1.807, 2.05) is 7.05 Å². The number of hydrogen-bond donors (Lipinski definition) is 1. The number of fused-ring (bicyclic) bond motifs is 1. The Morgan fingerprint density at radius 1 is 0.846 bits per heavy atom. The molecule has 12 heteroatoms. The number of nitrogens with one attached hydrogen (secondary N) is 1. The molecule has 0 bridgehead atoms. The van der Waals surface area contributed by atoms with Gasteiger partial charge < -0.3 is 10.2 Å². The van der Waals surface area contributed by atoms with Crippen LogP contribution >= 0.6 is 0 Å². The summed E-state index contributed by atoms with van der Waals surface area (Å²) in [5.41, 5.74) is -0.209. The second-order valence-electron chi connectivity index (χ2n) is 9.41. The summed E-state index contributed by atoms with van der Waals surface area (Å²) in [6, 6.07) is 11.6. The predicted octanol–water partition coefficient (Wildman–Crippen LogP) is 6.22. The van der Waals surface area contributed by atoms with E-state index in [9.17, 15) is 26.3 Å². The number of aromatic nitrogens is 3. The Kier molecular flexibility index (Phi) is 7.17. The molecule has 0 aliphatic carbocycles. The molecule has 4 heterocycles. The third-order valence-electron chi connectivity index (χ3n) is 6.55. The SMILES string of the molecule is CN1CCN(Cc2cc(Nc3ccc(C(F)(F)F)cc3)c3ccc(-c4ncccc4C(F)(F)F)nc3n2)CC1. The maximum Gasteiger partial charge on any atom is 0.418 e. The number of anilines is 2. The fourth-order valence-corrected chi connectivity index (χ4v) is 4.44. The largest absolute Gasteiger partial charge is 0.418 e. The molecule has 0 saturated carbocycles. The molecule has 6 nitrogen and oxygen atoms in total. The van der Waals surface area contributed by atoms with Crippen molar-refractivity contribution >= 4 is 22.4 Å². The summed E-state index contributed by atoms with van der Waals surface area (Å²) in [6.45, 7) is 3.87. The van der Waals surface area contributed by atoms with Gasteiger partial charge in [0.2, 0.25) is 0 Å². The van der Waals surface area contributed by atoms with Gasteiger partial charge in [-0.15, -0.1) is 0 Å². The van der Waals surface area contributed by atoms with Gasteiger partial charge in [-0.1, -0.05) is 0 Å². The fraction of sp³-hybridized carbons (Fsp3) is 0.296. The monoisotopic (exact) mass is 546 g/mol. The molecule has 39 heavy (non-hydrogen) atoms. The average molecular weight is 547 g/mol. The fourth-order valence-electron chi connectivity index (χ4n) is 4.44. The second kappa shape index (κ2) is 10.4. The highest BCUT2D eigenvalue weighted by atomic mass is 19.4. The minimum atomic E-state index is -4.62. The normalized spacial score (nSPS) is 15.6. The highest BCUT2D eigenvalue weighted by Gasteiger charge is 2.35. The zero-order valence-electron chi connectivity index (χ0n) is 20.8. The summed E-state index contributed by atoms with van der Waals surface area (Å²) in [4.78, 5) is 17.4. The van der Waals surface area contributed by atoms with Gasteiger partial charge in [0.1, 0.15) is 5.69 Å². The van der Waals surface area contributed by atoms with Crippen molar-refractivity contribution in [1.82, 2.24) is 24.8 Å². The van der Waals surface area contributed by atoms with Crippen molar-refractivity contribution in [3.05, 3.63) is 77.6 Å². The van der Waals surface area contributed by atoms with Crippen LogP contribution in [0, 0.1) is 0 Å². The van der Waals surface area contributed by atoms with E-state index in [2.05, 4.69) is 30.1 Å². The van der Waals surface area contributed by atoms with Crippen molar-refractivity contribution in [3.63, 3.8) is 0 Å². The number of alkyl halides is 6. The molecule has 204 valence electrons. The lowest BCUT2D eigenvalue weighted by molar-refractivity contribution is -0.138. The van der Waals surface area contributed by atoms with Crippen molar-refractivity contribution in [2.75, 3.05) is 38.5 Å². The van der Waals surface area contributed by atoms with Crippen LogP contribution in [-0.4, -0.2) is 58.0 Å². The minimum absolute atomic E-state index is 0.0140. The number of piperazine rings is 1. The van der Waals surface area contributed by atoms with E-state index in [0.717, 1.165) is 44.4 Å². The van der Waals surface area contributed by atoms with Gasteiger partial charge in [-0.05, 0) is 61.6 Å². The van der Waals surface area contributed by atoms with E-state index in [1.165, 1.54) is 30.5 Å². The topological polar surface area (TPSA) is 57.2 Å². The third-order valence-corrected chi connectivity index (χ3v) is 6.55. The molecule has 4 aromatic rings.